The van der Waals surface area contributed by atoms with E-state index in [1.54, 1.807) is 34.4 Å². The number of ketones is 1. The van der Waals surface area contributed by atoms with E-state index >= 15 is 0 Å². The van der Waals surface area contributed by atoms with Crippen molar-refractivity contribution in [1.29, 1.82) is 0 Å². The van der Waals surface area contributed by atoms with Crippen LogP contribution in [0.1, 0.15) is 28.3 Å². The van der Waals surface area contributed by atoms with E-state index in [4.69, 9.17) is 0 Å². The maximum absolute atomic E-state index is 12.9. The lowest BCUT2D eigenvalue weighted by atomic mass is 10.1. The number of aromatic nitrogens is 4. The minimum absolute atomic E-state index is 0.149. The number of hydrogen-bond donors (Lipinski definition) is 1. The Labute approximate surface area is 177 Å². The van der Waals surface area contributed by atoms with Gasteiger partial charge in [-0.25, -0.2) is 4.98 Å². The van der Waals surface area contributed by atoms with E-state index < -0.39 is 16.7 Å². The topological polar surface area (TPSA) is 128 Å². The first-order valence-corrected chi connectivity index (χ1v) is 9.65. The van der Waals surface area contributed by atoms with Crippen LogP contribution >= 0.6 is 0 Å². The summed E-state index contributed by atoms with van der Waals surface area (Å²) in [5, 5.41) is 18.9. The highest BCUT2D eigenvalue weighted by molar-refractivity contribution is 6.07. The van der Waals surface area contributed by atoms with Gasteiger partial charge in [-0.2, -0.15) is 5.10 Å². The zero-order valence-corrected chi connectivity index (χ0v) is 17.3. The summed E-state index contributed by atoms with van der Waals surface area (Å²) in [6.45, 7) is 2.32. The van der Waals surface area contributed by atoms with Gasteiger partial charge in [0.2, 0.25) is 5.78 Å². The summed E-state index contributed by atoms with van der Waals surface area (Å²) in [5.41, 5.74) is 0.854. The van der Waals surface area contributed by atoms with E-state index in [1.807, 2.05) is 13.0 Å². The number of benzene rings is 1. The summed E-state index contributed by atoms with van der Waals surface area (Å²) >= 11 is 0. The molecule has 1 atom stereocenters. The third-order valence-corrected chi connectivity index (χ3v) is 5.27. The van der Waals surface area contributed by atoms with Crippen molar-refractivity contribution >= 4 is 28.9 Å². The molecule has 4 rings (SSSR count). The first kappa shape index (κ1) is 20.3. The molecule has 1 unspecified atom stereocenters. The van der Waals surface area contributed by atoms with E-state index in [1.165, 1.54) is 24.4 Å². The van der Waals surface area contributed by atoms with Crippen LogP contribution in [0, 0.1) is 17.0 Å². The second-order valence-electron chi connectivity index (χ2n) is 7.42. The average Bonchev–Trinajstić information content (AvgIpc) is 3.40. The number of amides is 1. The molecular weight excluding hydrogens is 402 g/mol. The number of nitro groups is 1. The molecule has 160 valence electrons. The molecule has 1 fully saturated rings. The molecule has 2 aromatic heterocycles. The van der Waals surface area contributed by atoms with Crippen LogP contribution in [0.15, 0.2) is 36.7 Å². The second kappa shape index (κ2) is 7.67. The number of rotatable bonds is 6. The molecule has 1 aliphatic heterocycles. The quantitative estimate of drug-likeness (QED) is 0.364. The Morgan fingerprint density at radius 3 is 2.68 bits per heavy atom. The zero-order chi connectivity index (χ0) is 22.3. The van der Waals surface area contributed by atoms with Crippen LogP contribution in [0.5, 0.6) is 0 Å². The fourth-order valence-electron chi connectivity index (χ4n) is 3.74. The maximum atomic E-state index is 12.9. The van der Waals surface area contributed by atoms with Gasteiger partial charge in [0.15, 0.2) is 5.82 Å². The number of hydrogen-bond acceptors (Lipinski definition) is 7. The average molecular weight is 423 g/mol. The van der Waals surface area contributed by atoms with Gasteiger partial charge in [-0.05, 0) is 25.5 Å². The number of carbonyl (C=O) groups excluding carboxylic acids is 2. The zero-order valence-electron chi connectivity index (χ0n) is 17.3. The molecule has 1 aromatic carbocycles. The summed E-state index contributed by atoms with van der Waals surface area (Å²) in [7, 11) is 3.43. The number of nitrogens with one attached hydrogen (secondary N) is 1. The lowest BCUT2D eigenvalue weighted by Crippen LogP contribution is -2.34. The predicted molar refractivity (Wildman–Crippen MR) is 112 cm³/mol. The molecule has 11 nitrogen and oxygen atoms in total. The molecule has 0 aliphatic carbocycles. The molecule has 0 saturated carbocycles. The highest BCUT2D eigenvalue weighted by Gasteiger charge is 2.35. The van der Waals surface area contributed by atoms with E-state index in [0.29, 0.717) is 18.8 Å². The highest BCUT2D eigenvalue weighted by Crippen LogP contribution is 2.30. The van der Waals surface area contributed by atoms with Gasteiger partial charge in [-0.1, -0.05) is 0 Å². The highest BCUT2D eigenvalue weighted by atomic mass is 16.6. The van der Waals surface area contributed by atoms with Crippen LogP contribution < -0.4 is 10.2 Å². The fraction of sp³-hybridized carbons (Fsp3) is 0.300. The Kier molecular flexibility index (Phi) is 5.01. The Balaban J connectivity index is 1.58. The second-order valence-corrected chi connectivity index (χ2v) is 7.42. The van der Waals surface area contributed by atoms with Crippen molar-refractivity contribution in [2.75, 3.05) is 16.8 Å². The molecular formula is C20H21N7O4. The summed E-state index contributed by atoms with van der Waals surface area (Å²) in [4.78, 5) is 42.3. The Morgan fingerprint density at radius 1 is 1.29 bits per heavy atom. The molecule has 1 N–H and O–H groups in total. The van der Waals surface area contributed by atoms with Crippen LogP contribution in [0.25, 0.3) is 0 Å². The minimum Gasteiger partial charge on any atom is -0.368 e. The third kappa shape index (κ3) is 3.65. The van der Waals surface area contributed by atoms with Crippen LogP contribution in [0.2, 0.25) is 0 Å². The third-order valence-electron chi connectivity index (χ3n) is 5.27. The molecule has 3 heterocycles. The van der Waals surface area contributed by atoms with Crippen LogP contribution in [0.4, 0.5) is 17.2 Å². The first-order chi connectivity index (χ1) is 14.8. The molecule has 1 aliphatic rings. The van der Waals surface area contributed by atoms with Crippen molar-refractivity contribution in [3.63, 3.8) is 0 Å². The van der Waals surface area contributed by atoms with Gasteiger partial charge in [0.05, 0.1) is 10.6 Å². The lowest BCUT2D eigenvalue weighted by Gasteiger charge is -2.17. The Morgan fingerprint density at radius 2 is 2.06 bits per heavy atom. The van der Waals surface area contributed by atoms with Gasteiger partial charge >= 0.3 is 0 Å². The molecule has 0 bridgehead atoms. The lowest BCUT2D eigenvalue weighted by molar-refractivity contribution is -0.384. The Bertz CT molecular complexity index is 1200. The summed E-state index contributed by atoms with van der Waals surface area (Å²) < 4.78 is 3.18. The van der Waals surface area contributed by atoms with Crippen molar-refractivity contribution in [1.82, 2.24) is 19.3 Å². The smallest absolute Gasteiger partial charge is 0.293 e. The molecule has 0 radical (unpaired) electrons. The minimum atomic E-state index is -0.620. The number of nitro benzene ring substituents is 1. The molecule has 1 amide bonds. The molecule has 1 saturated heterocycles. The van der Waals surface area contributed by atoms with Crippen LogP contribution in [0.3, 0.4) is 0 Å². The summed E-state index contributed by atoms with van der Waals surface area (Å²) in [6.07, 6.45) is 3.59. The Hall–Kier alpha value is -4.02. The standard InChI is InChI=1S/C20H21N7O4/c1-12-10-17(25(3)23-12)26-8-6-15(20(26)29)22-14-5-4-13(11-16(14)27(30)31)18(28)19-21-7-9-24(19)2/h4-5,7,9-11,15,22H,6,8H2,1-3H3. The molecule has 31 heavy (non-hydrogen) atoms. The van der Waals surface area contributed by atoms with Gasteiger partial charge in [-0.3, -0.25) is 29.3 Å². The van der Waals surface area contributed by atoms with Gasteiger partial charge < -0.3 is 9.88 Å². The number of imidazole rings is 1. The fourth-order valence-corrected chi connectivity index (χ4v) is 3.74. The monoisotopic (exact) mass is 423 g/mol. The maximum Gasteiger partial charge on any atom is 0.293 e. The van der Waals surface area contributed by atoms with E-state index in [9.17, 15) is 19.7 Å². The predicted octanol–water partition coefficient (Wildman–Crippen LogP) is 1.82. The molecule has 11 heteroatoms. The van der Waals surface area contributed by atoms with Crippen LogP contribution in [-0.2, 0) is 18.9 Å². The van der Waals surface area contributed by atoms with Crippen molar-refractivity contribution in [3.8, 4) is 0 Å². The normalized spacial score (nSPS) is 16.0. The van der Waals surface area contributed by atoms with Gasteiger partial charge in [0.25, 0.3) is 11.6 Å². The van der Waals surface area contributed by atoms with E-state index in [0.717, 1.165) is 5.69 Å². The van der Waals surface area contributed by atoms with Gasteiger partial charge in [0.1, 0.15) is 17.5 Å². The SMILES string of the molecule is Cc1cc(N2CCC(Nc3ccc(C(=O)c4nccn4C)cc3[N+](=O)[O-])C2=O)n(C)n1. The largest absolute Gasteiger partial charge is 0.368 e. The summed E-state index contributed by atoms with van der Waals surface area (Å²) in [5.74, 6) is 0.253. The molecule has 3 aromatic rings. The van der Waals surface area contributed by atoms with E-state index in [2.05, 4.69) is 15.4 Å². The number of nitrogens with zero attached hydrogens (tertiary/aromatic N) is 6. The first-order valence-electron chi connectivity index (χ1n) is 9.65. The van der Waals surface area contributed by atoms with Crippen molar-refractivity contribution in [2.45, 2.75) is 19.4 Å². The van der Waals surface area contributed by atoms with E-state index in [-0.39, 0.29) is 28.7 Å². The number of aryl methyl sites for hydroxylation is 3. The van der Waals surface area contributed by atoms with Gasteiger partial charge in [-0.15, -0.1) is 0 Å². The number of anilines is 2. The van der Waals surface area contributed by atoms with Crippen molar-refractivity contribution in [3.05, 3.63) is 63.9 Å². The van der Waals surface area contributed by atoms with Gasteiger partial charge in [0, 0.05) is 50.7 Å². The molecule has 0 spiro atoms. The van der Waals surface area contributed by atoms with Crippen molar-refractivity contribution < 1.29 is 14.5 Å². The van der Waals surface area contributed by atoms with Crippen molar-refractivity contribution in [2.24, 2.45) is 14.1 Å². The summed E-state index contributed by atoms with van der Waals surface area (Å²) in [6, 6.07) is 5.36. The number of carbonyl (C=O) groups is 2. The van der Waals surface area contributed by atoms with Crippen LogP contribution in [-0.4, -0.2) is 48.5 Å².